The lowest BCUT2D eigenvalue weighted by atomic mass is 10.0. The fraction of sp³-hybridized carbons (Fsp3) is 0.300. The maximum Gasteiger partial charge on any atom is 0.409 e. The van der Waals surface area contributed by atoms with Gasteiger partial charge in [0.1, 0.15) is 5.75 Å². The van der Waals surface area contributed by atoms with E-state index in [0.29, 0.717) is 31.7 Å². The van der Waals surface area contributed by atoms with E-state index in [-0.39, 0.29) is 12.0 Å². The molecule has 0 saturated carbocycles. The highest BCUT2D eigenvalue weighted by Crippen LogP contribution is 2.25. The zero-order chi connectivity index (χ0) is 18.5. The second-order valence-corrected chi connectivity index (χ2v) is 6.06. The molecule has 26 heavy (non-hydrogen) atoms. The summed E-state index contributed by atoms with van der Waals surface area (Å²) in [4.78, 5) is 27.8. The number of piperazine rings is 1. The summed E-state index contributed by atoms with van der Waals surface area (Å²) >= 11 is 0. The van der Waals surface area contributed by atoms with Gasteiger partial charge in [0, 0.05) is 31.7 Å². The smallest absolute Gasteiger partial charge is 0.409 e. The summed E-state index contributed by atoms with van der Waals surface area (Å²) in [5.74, 6) is 0.748. The number of carbonyl (C=O) groups excluding carboxylic acids is 2. The van der Waals surface area contributed by atoms with Gasteiger partial charge in [0.05, 0.1) is 14.2 Å². The van der Waals surface area contributed by atoms with E-state index in [1.807, 2.05) is 48.5 Å². The zero-order valence-electron chi connectivity index (χ0n) is 15.0. The Morgan fingerprint density at radius 1 is 0.846 bits per heavy atom. The molecule has 3 rings (SSSR count). The van der Waals surface area contributed by atoms with Crippen LogP contribution in [-0.4, -0.2) is 62.2 Å². The number of rotatable bonds is 3. The molecule has 1 saturated heterocycles. The van der Waals surface area contributed by atoms with Gasteiger partial charge in [0.25, 0.3) is 5.91 Å². The molecule has 1 fully saturated rings. The lowest BCUT2D eigenvalue weighted by Gasteiger charge is -2.33. The maximum absolute atomic E-state index is 12.8. The number of hydrogen-bond donors (Lipinski definition) is 0. The van der Waals surface area contributed by atoms with E-state index in [9.17, 15) is 9.59 Å². The average molecular weight is 354 g/mol. The largest absolute Gasteiger partial charge is 0.497 e. The normalized spacial score (nSPS) is 14.1. The van der Waals surface area contributed by atoms with Crippen LogP contribution in [0.1, 0.15) is 10.4 Å². The van der Waals surface area contributed by atoms with Crippen molar-refractivity contribution in [1.29, 1.82) is 0 Å². The third-order valence-corrected chi connectivity index (χ3v) is 4.51. The molecule has 0 atom stereocenters. The predicted octanol–water partition coefficient (Wildman–Crippen LogP) is 2.89. The number of hydrogen-bond acceptors (Lipinski definition) is 4. The van der Waals surface area contributed by atoms with Crippen LogP contribution in [0, 0.1) is 0 Å². The van der Waals surface area contributed by atoms with E-state index in [4.69, 9.17) is 9.47 Å². The molecule has 6 heteroatoms. The van der Waals surface area contributed by atoms with Gasteiger partial charge in [-0.2, -0.15) is 0 Å². The van der Waals surface area contributed by atoms with Crippen molar-refractivity contribution >= 4 is 12.0 Å². The summed E-state index contributed by atoms with van der Waals surface area (Å²) in [6.07, 6.45) is -0.350. The second kappa shape index (κ2) is 7.91. The van der Waals surface area contributed by atoms with Crippen molar-refractivity contribution in [3.8, 4) is 16.9 Å². The third kappa shape index (κ3) is 3.79. The summed E-state index contributed by atoms with van der Waals surface area (Å²) in [6, 6.07) is 15.3. The molecule has 0 aliphatic carbocycles. The Labute approximate surface area is 152 Å². The van der Waals surface area contributed by atoms with Gasteiger partial charge in [0.2, 0.25) is 0 Å². The topological polar surface area (TPSA) is 59.1 Å². The minimum absolute atomic E-state index is 0.0285. The summed E-state index contributed by atoms with van der Waals surface area (Å²) in [5, 5.41) is 0. The minimum atomic E-state index is -0.350. The molecule has 0 aromatic heterocycles. The fourth-order valence-corrected chi connectivity index (χ4v) is 3.04. The summed E-state index contributed by atoms with van der Waals surface area (Å²) in [6.45, 7) is 1.95. The first-order valence-electron chi connectivity index (χ1n) is 8.49. The van der Waals surface area contributed by atoms with Crippen molar-refractivity contribution in [2.75, 3.05) is 40.4 Å². The summed E-state index contributed by atoms with van der Waals surface area (Å²) < 4.78 is 10.00. The first-order valence-corrected chi connectivity index (χ1v) is 8.49. The van der Waals surface area contributed by atoms with Crippen LogP contribution in [-0.2, 0) is 4.74 Å². The van der Waals surface area contributed by atoms with Crippen molar-refractivity contribution < 1.29 is 19.1 Å². The Morgan fingerprint density at radius 2 is 1.46 bits per heavy atom. The molecule has 0 N–H and O–H groups in total. The van der Waals surface area contributed by atoms with Crippen LogP contribution in [0.2, 0.25) is 0 Å². The van der Waals surface area contributed by atoms with E-state index in [1.165, 1.54) is 7.11 Å². The van der Waals surface area contributed by atoms with Crippen molar-refractivity contribution in [3.05, 3.63) is 54.1 Å². The molecule has 2 aromatic carbocycles. The van der Waals surface area contributed by atoms with Crippen molar-refractivity contribution in [3.63, 3.8) is 0 Å². The van der Waals surface area contributed by atoms with Gasteiger partial charge in [-0.15, -0.1) is 0 Å². The van der Waals surface area contributed by atoms with Crippen LogP contribution in [0.4, 0.5) is 4.79 Å². The first kappa shape index (κ1) is 17.8. The van der Waals surface area contributed by atoms with Crippen LogP contribution in [0.5, 0.6) is 5.75 Å². The number of benzene rings is 2. The van der Waals surface area contributed by atoms with Gasteiger partial charge >= 0.3 is 6.09 Å². The highest BCUT2D eigenvalue weighted by Gasteiger charge is 2.25. The van der Waals surface area contributed by atoms with Crippen LogP contribution in [0.3, 0.4) is 0 Å². The Hall–Kier alpha value is -3.02. The first-order chi connectivity index (χ1) is 12.6. The van der Waals surface area contributed by atoms with Gasteiger partial charge in [-0.25, -0.2) is 4.79 Å². The van der Waals surface area contributed by atoms with Crippen molar-refractivity contribution in [1.82, 2.24) is 9.80 Å². The Kier molecular flexibility index (Phi) is 5.41. The molecule has 1 aliphatic heterocycles. The average Bonchev–Trinajstić information content (AvgIpc) is 2.73. The van der Waals surface area contributed by atoms with Crippen LogP contribution in [0.15, 0.2) is 48.5 Å². The van der Waals surface area contributed by atoms with E-state index in [2.05, 4.69) is 0 Å². The maximum atomic E-state index is 12.8. The summed E-state index contributed by atoms with van der Waals surface area (Å²) in [5.41, 5.74) is 2.59. The van der Waals surface area contributed by atoms with E-state index in [1.54, 1.807) is 16.9 Å². The van der Waals surface area contributed by atoms with Crippen molar-refractivity contribution in [2.24, 2.45) is 0 Å². The third-order valence-electron chi connectivity index (χ3n) is 4.51. The molecule has 0 bridgehead atoms. The monoisotopic (exact) mass is 354 g/mol. The standard InChI is InChI=1S/C20H22N2O4/c1-25-18-8-4-6-16(14-18)15-5-3-7-17(13-15)19(23)21-9-11-22(12-10-21)20(24)26-2/h3-8,13-14H,9-12H2,1-2H3. The number of methoxy groups -OCH3 is 2. The predicted molar refractivity (Wildman–Crippen MR) is 98.3 cm³/mol. The van der Waals surface area contributed by atoms with Crippen molar-refractivity contribution in [2.45, 2.75) is 0 Å². The molecule has 1 heterocycles. The zero-order valence-corrected chi connectivity index (χ0v) is 15.0. The lowest BCUT2D eigenvalue weighted by molar-refractivity contribution is 0.0600. The molecular formula is C20H22N2O4. The number of amides is 2. The lowest BCUT2D eigenvalue weighted by Crippen LogP contribution is -2.50. The Balaban J connectivity index is 1.74. The molecular weight excluding hydrogens is 332 g/mol. The highest BCUT2D eigenvalue weighted by atomic mass is 16.5. The van der Waals surface area contributed by atoms with Crippen LogP contribution in [0.25, 0.3) is 11.1 Å². The minimum Gasteiger partial charge on any atom is -0.497 e. The molecule has 6 nitrogen and oxygen atoms in total. The molecule has 0 spiro atoms. The SMILES string of the molecule is COC(=O)N1CCN(C(=O)c2cccc(-c3cccc(OC)c3)c2)CC1. The molecule has 136 valence electrons. The molecule has 2 aromatic rings. The fourth-order valence-electron chi connectivity index (χ4n) is 3.04. The van der Waals surface area contributed by atoms with Gasteiger partial charge in [-0.3, -0.25) is 4.79 Å². The van der Waals surface area contributed by atoms with Gasteiger partial charge in [0.15, 0.2) is 0 Å². The Morgan fingerprint density at radius 3 is 2.12 bits per heavy atom. The Bertz CT molecular complexity index is 798. The molecule has 1 aliphatic rings. The van der Waals surface area contributed by atoms with E-state index < -0.39 is 0 Å². The second-order valence-electron chi connectivity index (χ2n) is 6.06. The van der Waals surface area contributed by atoms with E-state index >= 15 is 0 Å². The van der Waals surface area contributed by atoms with Gasteiger partial charge < -0.3 is 19.3 Å². The number of carbonyl (C=O) groups is 2. The highest BCUT2D eigenvalue weighted by molar-refractivity contribution is 5.95. The van der Waals surface area contributed by atoms with Gasteiger partial charge in [-0.05, 0) is 35.4 Å². The van der Waals surface area contributed by atoms with Gasteiger partial charge in [-0.1, -0.05) is 24.3 Å². The van der Waals surface area contributed by atoms with E-state index in [0.717, 1.165) is 16.9 Å². The molecule has 2 amide bonds. The number of ether oxygens (including phenoxy) is 2. The quantitative estimate of drug-likeness (QED) is 0.850. The summed E-state index contributed by atoms with van der Waals surface area (Å²) in [7, 11) is 3.00. The van der Waals surface area contributed by atoms with Crippen LogP contribution >= 0.6 is 0 Å². The number of nitrogens with zero attached hydrogens (tertiary/aromatic N) is 2. The molecule has 0 radical (unpaired) electrons. The van der Waals surface area contributed by atoms with Crippen LogP contribution < -0.4 is 4.74 Å². The molecule has 0 unspecified atom stereocenters.